The summed E-state index contributed by atoms with van der Waals surface area (Å²) in [4.78, 5) is 20.5. The monoisotopic (exact) mass is 375 g/mol. The molecule has 28 heavy (non-hydrogen) atoms. The van der Waals surface area contributed by atoms with Crippen LogP contribution in [0.4, 0.5) is 0 Å². The number of carbonyl (C=O) groups excluding carboxylic acids is 1. The number of amides is 1. The van der Waals surface area contributed by atoms with Crippen molar-refractivity contribution in [2.75, 3.05) is 6.54 Å². The lowest BCUT2D eigenvalue weighted by Crippen LogP contribution is -2.29. The molecule has 0 spiro atoms. The molecule has 0 unspecified atom stereocenters. The average molecular weight is 376 g/mol. The number of nitrogens with one attached hydrogen (secondary N) is 2. The van der Waals surface area contributed by atoms with Crippen LogP contribution in [-0.4, -0.2) is 22.4 Å². The number of H-pyrrole nitrogens is 1. The maximum absolute atomic E-state index is 12.8. The Bertz CT molecular complexity index is 896. The van der Waals surface area contributed by atoms with Crippen molar-refractivity contribution in [2.45, 2.75) is 50.9 Å². The lowest BCUT2D eigenvalue weighted by molar-refractivity contribution is -0.121. The summed E-state index contributed by atoms with van der Waals surface area (Å²) in [6.07, 6.45) is 11.6. The van der Waals surface area contributed by atoms with Crippen molar-refractivity contribution in [3.05, 3.63) is 66.1 Å². The Morgan fingerprint density at radius 1 is 1.11 bits per heavy atom. The van der Waals surface area contributed by atoms with Crippen LogP contribution in [0.3, 0.4) is 0 Å². The molecule has 4 rings (SSSR count). The number of hydrogen-bond donors (Lipinski definition) is 2. The van der Waals surface area contributed by atoms with E-state index in [1.165, 1.54) is 43.1 Å². The second kappa shape index (κ2) is 9.05. The van der Waals surface area contributed by atoms with Gasteiger partial charge in [0.05, 0.1) is 0 Å². The van der Waals surface area contributed by atoms with E-state index in [1.54, 1.807) is 6.20 Å². The summed E-state index contributed by atoms with van der Waals surface area (Å²) >= 11 is 0. The fraction of sp³-hybridized carbons (Fsp3) is 0.417. The highest BCUT2D eigenvalue weighted by molar-refractivity contribution is 5.85. The first-order chi connectivity index (χ1) is 13.8. The number of carbonyl (C=O) groups is 1. The molecule has 1 amide bonds. The van der Waals surface area contributed by atoms with Crippen LogP contribution < -0.4 is 5.32 Å². The van der Waals surface area contributed by atoms with Crippen molar-refractivity contribution in [3.8, 4) is 0 Å². The third kappa shape index (κ3) is 4.44. The molecule has 4 nitrogen and oxygen atoms in total. The second-order valence-electron chi connectivity index (χ2n) is 7.92. The number of hydrogen-bond acceptors (Lipinski definition) is 2. The minimum absolute atomic E-state index is 0.150. The molecule has 1 saturated carbocycles. The quantitative estimate of drug-likeness (QED) is 0.612. The fourth-order valence-corrected chi connectivity index (χ4v) is 4.62. The summed E-state index contributed by atoms with van der Waals surface area (Å²) in [6, 6.07) is 14.3. The molecule has 0 bridgehead atoms. The number of pyridine rings is 1. The Morgan fingerprint density at radius 3 is 2.75 bits per heavy atom. The number of para-hydroxylation sites is 1. The van der Waals surface area contributed by atoms with Crippen LogP contribution in [0, 0.1) is 5.92 Å². The zero-order valence-corrected chi connectivity index (χ0v) is 16.4. The predicted molar refractivity (Wildman–Crippen MR) is 113 cm³/mol. The molecule has 146 valence electrons. The van der Waals surface area contributed by atoms with Gasteiger partial charge in [-0.15, -0.1) is 0 Å². The van der Waals surface area contributed by atoms with E-state index < -0.39 is 0 Å². The van der Waals surface area contributed by atoms with Gasteiger partial charge in [0, 0.05) is 48.4 Å². The molecular weight excluding hydrogens is 346 g/mol. The fourth-order valence-electron chi connectivity index (χ4n) is 4.62. The van der Waals surface area contributed by atoms with E-state index in [9.17, 15) is 4.79 Å². The second-order valence-corrected chi connectivity index (χ2v) is 7.92. The third-order valence-electron chi connectivity index (χ3n) is 6.07. The largest absolute Gasteiger partial charge is 0.361 e. The van der Waals surface area contributed by atoms with Crippen molar-refractivity contribution in [1.29, 1.82) is 0 Å². The van der Waals surface area contributed by atoms with E-state index in [0.29, 0.717) is 18.9 Å². The minimum atomic E-state index is 0.150. The Labute approximate surface area is 166 Å². The van der Waals surface area contributed by atoms with E-state index in [2.05, 4.69) is 45.7 Å². The Morgan fingerprint density at radius 2 is 1.93 bits per heavy atom. The van der Waals surface area contributed by atoms with Crippen LogP contribution in [0.15, 0.2) is 54.9 Å². The lowest BCUT2D eigenvalue weighted by atomic mass is 9.75. The van der Waals surface area contributed by atoms with Gasteiger partial charge in [-0.05, 0) is 48.4 Å². The molecule has 1 aromatic carbocycles. The molecule has 1 aliphatic carbocycles. The van der Waals surface area contributed by atoms with E-state index >= 15 is 0 Å². The highest BCUT2D eigenvalue weighted by Gasteiger charge is 2.28. The molecule has 4 heteroatoms. The topological polar surface area (TPSA) is 57.8 Å². The first-order valence-electron chi connectivity index (χ1n) is 10.5. The summed E-state index contributed by atoms with van der Waals surface area (Å²) in [5.41, 5.74) is 3.49. The standard InChI is InChI=1S/C24H29N3O/c28-24(26-15-13-19-10-6-7-14-25-19)16-21(18-8-2-1-3-9-18)22-17-27-23-12-5-4-11-20(22)23/h4-7,10-12,14,17-18,21,27H,1-3,8-9,13,15-16H2,(H,26,28)/t21-/m0/s1. The van der Waals surface area contributed by atoms with Crippen LogP contribution in [-0.2, 0) is 11.2 Å². The van der Waals surface area contributed by atoms with Gasteiger partial charge < -0.3 is 10.3 Å². The highest BCUT2D eigenvalue weighted by atomic mass is 16.1. The van der Waals surface area contributed by atoms with Crippen LogP contribution in [0.25, 0.3) is 10.9 Å². The van der Waals surface area contributed by atoms with Crippen molar-refractivity contribution in [3.63, 3.8) is 0 Å². The summed E-state index contributed by atoms with van der Waals surface area (Å²) in [5, 5.41) is 4.38. The maximum atomic E-state index is 12.8. The van der Waals surface area contributed by atoms with Crippen molar-refractivity contribution in [1.82, 2.24) is 15.3 Å². The summed E-state index contributed by atoms with van der Waals surface area (Å²) in [5.74, 6) is 1.03. The van der Waals surface area contributed by atoms with Gasteiger partial charge in [0.25, 0.3) is 0 Å². The number of benzene rings is 1. The number of rotatable bonds is 7. The van der Waals surface area contributed by atoms with Gasteiger partial charge in [0.1, 0.15) is 0 Å². The van der Waals surface area contributed by atoms with Crippen molar-refractivity contribution in [2.24, 2.45) is 5.92 Å². The number of aromatic nitrogens is 2. The molecule has 2 aromatic heterocycles. The maximum Gasteiger partial charge on any atom is 0.220 e. The molecule has 2 heterocycles. The normalized spacial score (nSPS) is 16.1. The molecule has 0 aliphatic heterocycles. The van der Waals surface area contributed by atoms with Crippen LogP contribution in [0.5, 0.6) is 0 Å². The van der Waals surface area contributed by atoms with E-state index in [0.717, 1.165) is 17.6 Å². The summed E-state index contributed by atoms with van der Waals surface area (Å²) in [6.45, 7) is 0.640. The molecule has 1 aliphatic rings. The summed E-state index contributed by atoms with van der Waals surface area (Å²) in [7, 11) is 0. The van der Waals surface area contributed by atoms with Gasteiger partial charge in [-0.1, -0.05) is 43.5 Å². The average Bonchev–Trinajstić information content (AvgIpc) is 3.17. The predicted octanol–water partition coefficient (Wildman–Crippen LogP) is 4.98. The third-order valence-corrected chi connectivity index (χ3v) is 6.07. The number of fused-ring (bicyclic) bond motifs is 1. The zero-order chi connectivity index (χ0) is 19.2. The number of aromatic amines is 1. The van der Waals surface area contributed by atoms with Crippen molar-refractivity contribution >= 4 is 16.8 Å². The summed E-state index contributed by atoms with van der Waals surface area (Å²) < 4.78 is 0. The Balaban J connectivity index is 1.45. The molecular formula is C24H29N3O. The molecule has 1 atom stereocenters. The molecule has 0 radical (unpaired) electrons. The molecule has 3 aromatic rings. The van der Waals surface area contributed by atoms with Crippen LogP contribution in [0.1, 0.15) is 55.7 Å². The van der Waals surface area contributed by atoms with Gasteiger partial charge in [0.2, 0.25) is 5.91 Å². The van der Waals surface area contributed by atoms with Crippen molar-refractivity contribution < 1.29 is 4.79 Å². The Hall–Kier alpha value is -2.62. The van der Waals surface area contributed by atoms with Crippen LogP contribution >= 0.6 is 0 Å². The molecule has 2 N–H and O–H groups in total. The van der Waals surface area contributed by atoms with E-state index in [1.807, 2.05) is 18.2 Å². The smallest absolute Gasteiger partial charge is 0.220 e. The van der Waals surface area contributed by atoms with Gasteiger partial charge in [-0.25, -0.2) is 0 Å². The van der Waals surface area contributed by atoms with Gasteiger partial charge in [-0.3, -0.25) is 9.78 Å². The van der Waals surface area contributed by atoms with E-state index in [4.69, 9.17) is 0 Å². The zero-order valence-electron chi connectivity index (χ0n) is 16.4. The first-order valence-corrected chi connectivity index (χ1v) is 10.5. The highest BCUT2D eigenvalue weighted by Crippen LogP contribution is 2.40. The van der Waals surface area contributed by atoms with Gasteiger partial charge in [0.15, 0.2) is 0 Å². The van der Waals surface area contributed by atoms with Crippen LogP contribution in [0.2, 0.25) is 0 Å². The number of nitrogens with zero attached hydrogens (tertiary/aromatic N) is 1. The Kier molecular flexibility index (Phi) is 6.05. The van der Waals surface area contributed by atoms with E-state index in [-0.39, 0.29) is 11.8 Å². The molecule has 1 fully saturated rings. The first kappa shape index (κ1) is 18.7. The van der Waals surface area contributed by atoms with Gasteiger partial charge >= 0.3 is 0 Å². The minimum Gasteiger partial charge on any atom is -0.361 e. The SMILES string of the molecule is O=C(C[C@H](c1c[nH]c2ccccc12)C1CCCCC1)NCCc1ccccn1. The lowest BCUT2D eigenvalue weighted by Gasteiger charge is -2.30. The van der Waals surface area contributed by atoms with Gasteiger partial charge in [-0.2, -0.15) is 0 Å². The molecule has 0 saturated heterocycles.